The number of ether oxygens (including phenoxy) is 2. The topological polar surface area (TPSA) is 685 Å². The molecule has 756 valence electrons. The lowest BCUT2D eigenvalue weighted by Crippen LogP contribution is -2.60. The normalized spacial score (nSPS) is 18.8. The highest BCUT2D eigenvalue weighted by Gasteiger charge is 2.44. The molecule has 0 aliphatic carbocycles. The van der Waals surface area contributed by atoms with Crippen molar-refractivity contribution in [2.24, 2.45) is 11.5 Å². The summed E-state index contributed by atoms with van der Waals surface area (Å²) in [7, 11) is 3.12. The molecule has 0 saturated carbocycles. The molecule has 15 amide bonds. The Morgan fingerprint density at radius 3 is 1.93 bits per heavy atom. The molecule has 46 heteroatoms. The molecule has 2 saturated heterocycles. The smallest absolute Gasteiger partial charge is 0.246 e. The van der Waals surface area contributed by atoms with Crippen molar-refractivity contribution >= 4 is 105 Å². The van der Waals surface area contributed by atoms with Gasteiger partial charge in [-0.3, -0.25) is 82.2 Å². The third kappa shape index (κ3) is 41.4. The molecule has 137 heavy (non-hydrogen) atoms. The Morgan fingerprint density at radius 2 is 1.26 bits per heavy atom. The van der Waals surface area contributed by atoms with Gasteiger partial charge in [-0.1, -0.05) is 139 Å². The number of unbranched alkanes of at least 4 members (excludes halogenated alkanes) is 13. The van der Waals surface area contributed by atoms with Gasteiger partial charge in [-0.15, -0.1) is 5.10 Å². The fourth-order valence-corrected chi connectivity index (χ4v) is 15.9. The van der Waals surface area contributed by atoms with Gasteiger partial charge in [0, 0.05) is 101 Å². The number of H-pyrrole nitrogens is 3. The summed E-state index contributed by atoms with van der Waals surface area (Å²) < 4.78 is 10.8. The summed E-state index contributed by atoms with van der Waals surface area (Å²) in [5.41, 5.74) is 13.6. The number of hydrogen-bond acceptors (Lipinski definition) is 26. The van der Waals surface area contributed by atoms with E-state index in [1.165, 1.54) is 68.8 Å². The first-order valence-electron chi connectivity index (χ1n) is 47.5. The average Bonchev–Trinajstić information content (AvgIpc) is 1.69. The van der Waals surface area contributed by atoms with Crippen molar-refractivity contribution in [1.82, 2.24) is 120 Å². The van der Waals surface area contributed by atoms with Gasteiger partial charge in [-0.05, 0) is 106 Å². The standard InChI is InChI=1S/C91H142N26O20/c1-4-5-30-65(82(127)107-67-36-37-77(122)96-39-25-24-32-64(80(92)125)104-85(130)69(47-59-50-100-63-31-23-22-29-62(59)63)108-83(128)66(33-26-40-99-91(93)94)105-84(129)68(46-58-27-18-17-19-28-58)110-89(134)74-49-61(120)53-117(74)90(67)135)106-88(133)73(116(2)3)38-41-98-81(126)70(48-60-51-95-57-102-60)109-87(132)72(55-119)111-86(131)71(54-118)103-78(123)52-101-79(124)56-137-45-44-136-43-42-97-76(121)35-21-16-14-12-10-8-6-7-9-11-13-15-20-34-75-112-114-115-113-75/h17-19,22-23,27-29,31,50-51,57,61,64-74,100,118-120H,4-16,20-21,24-26,30,32-49,52-56H2,1-3H3,(H2,92,125)(H,95,102)(H,96,122)(H,97,121)(H,98,126)(H,101,124)(H,103,123)(H,104,130)(H,105,129)(H,106,133)(H,107,127)(H,108,128)(H,109,132)(H,110,134)(H,111,131)(H4,93,94,99)(H,112,113,114,115)/t61-,64+,65+,66+,67+,68-,69+,70+,71+,72+,73+,74+/m1/s1. The van der Waals surface area contributed by atoms with Gasteiger partial charge in [-0.25, -0.2) is 10.1 Å². The maximum atomic E-state index is 15.3. The first kappa shape index (κ1) is 111. The predicted molar refractivity (Wildman–Crippen MR) is 501 cm³/mol. The van der Waals surface area contributed by atoms with Crippen molar-refractivity contribution in [3.05, 3.63) is 96.0 Å². The van der Waals surface area contributed by atoms with Gasteiger partial charge in [0.1, 0.15) is 72.8 Å². The van der Waals surface area contributed by atoms with E-state index in [-0.39, 0.29) is 128 Å². The Morgan fingerprint density at radius 1 is 0.613 bits per heavy atom. The SMILES string of the molecule is CCCC[C@H](NC(=O)[C@H](CCNC(=O)[C@H](Cc1c[nH]cn1)NC(=O)[C@H](CO)NC(=O)[C@H](CO)NC(=O)CNC(=O)COCCOCCNC(=O)CCCCCCCCCCCCCCCc1nnn[nH]1)N(C)C)C(=O)N[C@H]1CCC(=O)NCCCC[C@@H](C(N)=O)NC(=O)[C@H](Cc2c[nH]c3ccccc23)NC(=O)[C@H](CCCNC(=N)N)NC(=O)[C@@H](Cc2ccccc2)NC(=O)[C@@H]2C[C@@H](O)CN2C1=O. The molecule has 12 atom stereocenters. The summed E-state index contributed by atoms with van der Waals surface area (Å²) in [5.74, 6) is -11.8. The van der Waals surface area contributed by atoms with Crippen LogP contribution in [0.25, 0.3) is 10.9 Å². The van der Waals surface area contributed by atoms with Crippen molar-refractivity contribution in [1.29, 1.82) is 5.41 Å². The zero-order valence-corrected chi connectivity index (χ0v) is 78.7. The summed E-state index contributed by atoms with van der Waals surface area (Å²) in [6.07, 6.45) is 18.8. The van der Waals surface area contributed by atoms with Crippen molar-refractivity contribution < 1.29 is 96.7 Å². The first-order valence-corrected chi connectivity index (χ1v) is 47.5. The second kappa shape index (κ2) is 62.2. The number of nitrogens with one attached hydrogen (secondary N) is 18. The van der Waals surface area contributed by atoms with Crippen molar-refractivity contribution in [2.75, 3.05) is 93.0 Å². The number of likely N-dealkylation sites (N-methyl/N-ethyl adjacent to an activating group) is 1. The van der Waals surface area contributed by atoms with E-state index in [1.807, 2.05) is 25.1 Å². The lowest BCUT2D eigenvalue weighted by molar-refractivity contribution is -0.143. The molecule has 2 aliphatic rings. The average molecular weight is 1920 g/mol. The van der Waals surface area contributed by atoms with E-state index in [2.05, 4.69) is 110 Å². The number of amides is 15. The summed E-state index contributed by atoms with van der Waals surface area (Å²) in [6, 6.07) is -0.434. The van der Waals surface area contributed by atoms with Crippen LogP contribution in [0.5, 0.6) is 0 Å². The first-order chi connectivity index (χ1) is 66.0. The number of nitrogens with two attached hydrogens (primary N) is 2. The number of carbonyl (C=O) groups excluding carboxylic acids is 15. The molecule has 2 aliphatic heterocycles. The highest BCUT2D eigenvalue weighted by molar-refractivity contribution is 6.00. The third-order valence-corrected chi connectivity index (χ3v) is 23.5. The van der Waals surface area contributed by atoms with E-state index in [1.54, 1.807) is 56.7 Å². The molecule has 7 rings (SSSR count). The van der Waals surface area contributed by atoms with Gasteiger partial charge in [0.05, 0.1) is 63.7 Å². The number of aromatic nitrogens is 7. The Kier molecular flexibility index (Phi) is 50.5. The second-order valence-electron chi connectivity index (χ2n) is 34.6. The highest BCUT2D eigenvalue weighted by Crippen LogP contribution is 2.24. The van der Waals surface area contributed by atoms with Crippen LogP contribution in [0.2, 0.25) is 0 Å². The molecule has 0 unspecified atom stereocenters. The zero-order chi connectivity index (χ0) is 99.2. The maximum absolute atomic E-state index is 15.3. The number of primary amides is 1. The predicted octanol–water partition coefficient (Wildman–Crippen LogP) is -2.83. The van der Waals surface area contributed by atoms with Crippen LogP contribution < -0.4 is 85.9 Å². The monoisotopic (exact) mass is 1920 g/mol. The number of aryl methyl sites for hydroxylation is 1. The van der Waals surface area contributed by atoms with Gasteiger partial charge >= 0.3 is 0 Å². The van der Waals surface area contributed by atoms with Gasteiger partial charge in [0.15, 0.2) is 5.96 Å². The maximum Gasteiger partial charge on any atom is 0.246 e. The van der Waals surface area contributed by atoms with Crippen LogP contribution in [-0.2, 0) is 107 Å². The number of fused-ring (bicyclic) bond motifs is 2. The molecular formula is C91H142N26O20. The highest BCUT2D eigenvalue weighted by atomic mass is 16.5. The molecule has 0 radical (unpaired) electrons. The van der Waals surface area contributed by atoms with E-state index < -0.39 is 201 Å². The molecule has 46 nitrogen and oxygen atoms in total. The molecule has 5 heterocycles. The number of hydrogen-bond donors (Lipinski definition) is 23. The molecule has 25 N–H and O–H groups in total. The van der Waals surface area contributed by atoms with E-state index in [0.717, 1.165) is 60.2 Å². The minimum atomic E-state index is -1.77. The van der Waals surface area contributed by atoms with Crippen LogP contribution in [0.15, 0.2) is 73.3 Å². The Labute approximate surface area is 796 Å². The van der Waals surface area contributed by atoms with Crippen molar-refractivity contribution in [2.45, 2.75) is 272 Å². The Balaban J connectivity index is 0.912. The van der Waals surface area contributed by atoms with Crippen molar-refractivity contribution in [3.8, 4) is 0 Å². The van der Waals surface area contributed by atoms with Crippen LogP contribution in [0.1, 0.15) is 197 Å². The number of nitrogens with zero attached hydrogens (tertiary/aromatic N) is 6. The number of imidazole rings is 1. The summed E-state index contributed by atoms with van der Waals surface area (Å²) in [6.45, 7) is -1.32. The minimum absolute atomic E-state index is 0.00466. The quantitative estimate of drug-likeness (QED) is 0.0106. The molecule has 2 fully saturated rings. The third-order valence-electron chi connectivity index (χ3n) is 23.5. The molecule has 0 bridgehead atoms. The molecule has 3 aromatic heterocycles. The number of rotatable bonds is 56. The number of aliphatic hydroxyl groups is 3. The van der Waals surface area contributed by atoms with Gasteiger partial charge < -0.3 is 126 Å². The summed E-state index contributed by atoms with van der Waals surface area (Å²) in [4.78, 5) is 223. The zero-order valence-electron chi connectivity index (χ0n) is 78.7. The van der Waals surface area contributed by atoms with Crippen LogP contribution in [0.4, 0.5) is 0 Å². The number of para-hydroxylation sites is 1. The number of benzene rings is 2. The number of carbonyl (C=O) groups is 15. The minimum Gasteiger partial charge on any atom is -0.394 e. The van der Waals surface area contributed by atoms with Crippen LogP contribution in [-0.4, -0.2) is 321 Å². The van der Waals surface area contributed by atoms with Crippen LogP contribution >= 0.6 is 0 Å². The lowest BCUT2D eigenvalue weighted by atomic mass is 10.0. The fourth-order valence-electron chi connectivity index (χ4n) is 15.9. The molecule has 5 aromatic rings. The number of guanidine groups is 1. The van der Waals surface area contributed by atoms with Crippen LogP contribution in [0.3, 0.4) is 0 Å². The summed E-state index contributed by atoms with van der Waals surface area (Å²) >= 11 is 0. The largest absolute Gasteiger partial charge is 0.394 e. The van der Waals surface area contributed by atoms with E-state index in [4.69, 9.17) is 26.4 Å². The summed E-state index contributed by atoms with van der Waals surface area (Å²) in [5, 5.41) is 91.1. The molecule has 2 aromatic carbocycles. The number of tetrazole rings is 1. The van der Waals surface area contributed by atoms with Gasteiger partial charge in [0.25, 0.3) is 0 Å². The second-order valence-corrected chi connectivity index (χ2v) is 34.6. The molecular weight excluding hydrogens is 1780 g/mol. The lowest BCUT2D eigenvalue weighted by Gasteiger charge is -2.31. The van der Waals surface area contributed by atoms with E-state index in [9.17, 15) is 72.9 Å². The Hall–Kier alpha value is -12.7. The number of aliphatic hydroxyl groups excluding tert-OH is 3. The van der Waals surface area contributed by atoms with Crippen molar-refractivity contribution in [3.63, 3.8) is 0 Å². The van der Waals surface area contributed by atoms with Gasteiger partial charge in [0.2, 0.25) is 88.6 Å². The molecule has 0 spiro atoms. The van der Waals surface area contributed by atoms with Crippen LogP contribution in [0, 0.1) is 5.41 Å². The Bertz CT molecular complexity index is 4600. The van der Waals surface area contributed by atoms with E-state index >= 15 is 14.4 Å². The van der Waals surface area contributed by atoms with Gasteiger partial charge in [-0.2, -0.15) is 0 Å². The number of aromatic amines is 3. The van der Waals surface area contributed by atoms with E-state index in [0.29, 0.717) is 36.9 Å². The fraction of sp³-hybridized carbons (Fsp3) is 0.626.